The van der Waals surface area contributed by atoms with Crippen LogP contribution in [0.25, 0.3) is 0 Å². The average Bonchev–Trinajstić information content (AvgIpc) is 2.39. The van der Waals surface area contributed by atoms with Gasteiger partial charge in [0, 0.05) is 18.7 Å². The Morgan fingerprint density at radius 2 is 2.28 bits per heavy atom. The maximum Gasteiger partial charge on any atom is 0.129 e. The predicted molar refractivity (Wildman–Crippen MR) is 67.8 cm³/mol. The summed E-state index contributed by atoms with van der Waals surface area (Å²) in [6.07, 6.45) is -0.171. The first kappa shape index (κ1) is 13.5. The average molecular weight is 253 g/mol. The van der Waals surface area contributed by atoms with Gasteiger partial charge in [0.2, 0.25) is 0 Å². The number of morpholine rings is 1. The Morgan fingerprint density at radius 3 is 3.00 bits per heavy atom. The van der Waals surface area contributed by atoms with Crippen LogP contribution in [0, 0.1) is 5.82 Å². The first-order chi connectivity index (χ1) is 8.72. The zero-order chi connectivity index (χ0) is 13.0. The number of halogens is 1. The molecule has 2 unspecified atom stereocenters. The number of aliphatic hydroxyl groups excluding tert-OH is 1. The van der Waals surface area contributed by atoms with E-state index in [2.05, 4.69) is 11.8 Å². The highest BCUT2D eigenvalue weighted by Gasteiger charge is 2.28. The van der Waals surface area contributed by atoms with Crippen LogP contribution in [0.15, 0.2) is 24.3 Å². The van der Waals surface area contributed by atoms with Gasteiger partial charge in [0.25, 0.3) is 0 Å². The van der Waals surface area contributed by atoms with Crippen LogP contribution in [0.1, 0.15) is 25.0 Å². The van der Waals surface area contributed by atoms with Gasteiger partial charge in [0.15, 0.2) is 0 Å². The largest absolute Gasteiger partial charge is 0.386 e. The summed E-state index contributed by atoms with van der Waals surface area (Å²) >= 11 is 0. The molecule has 18 heavy (non-hydrogen) atoms. The van der Waals surface area contributed by atoms with Crippen LogP contribution in [0.4, 0.5) is 4.39 Å². The van der Waals surface area contributed by atoms with Crippen LogP contribution in [-0.2, 0) is 4.74 Å². The summed E-state index contributed by atoms with van der Waals surface area (Å²) in [5, 5.41) is 10.2. The minimum Gasteiger partial charge on any atom is -0.386 e. The highest BCUT2D eigenvalue weighted by molar-refractivity contribution is 5.21. The van der Waals surface area contributed by atoms with Crippen LogP contribution >= 0.6 is 0 Å². The van der Waals surface area contributed by atoms with E-state index in [0.717, 1.165) is 19.5 Å². The molecule has 2 atom stereocenters. The van der Waals surface area contributed by atoms with E-state index in [0.29, 0.717) is 18.7 Å². The molecule has 3 nitrogen and oxygen atoms in total. The first-order valence-corrected chi connectivity index (χ1v) is 6.48. The predicted octanol–water partition coefficient (Wildman–Crippen LogP) is 1.97. The Balaban J connectivity index is 2.04. The molecule has 1 saturated heterocycles. The summed E-state index contributed by atoms with van der Waals surface area (Å²) < 4.78 is 19.2. The zero-order valence-electron chi connectivity index (χ0n) is 10.7. The fourth-order valence-corrected chi connectivity index (χ4v) is 2.36. The second-order valence-electron chi connectivity index (χ2n) is 4.68. The molecular weight excluding hydrogens is 233 g/mol. The Bertz CT molecular complexity index is 384. The number of hydrogen-bond donors (Lipinski definition) is 1. The lowest BCUT2D eigenvalue weighted by Crippen LogP contribution is -2.45. The van der Waals surface area contributed by atoms with Gasteiger partial charge in [-0.3, -0.25) is 4.90 Å². The number of rotatable bonds is 4. The molecule has 1 aromatic rings. The van der Waals surface area contributed by atoms with Gasteiger partial charge in [0.05, 0.1) is 6.61 Å². The molecule has 1 heterocycles. The quantitative estimate of drug-likeness (QED) is 0.890. The molecule has 1 N–H and O–H groups in total. The summed E-state index contributed by atoms with van der Waals surface area (Å²) in [6.45, 7) is 5.25. The van der Waals surface area contributed by atoms with Gasteiger partial charge < -0.3 is 9.84 Å². The lowest BCUT2D eigenvalue weighted by atomic mass is 10.0. The van der Waals surface area contributed by atoms with Crippen molar-refractivity contribution in [3.05, 3.63) is 35.6 Å². The summed E-state index contributed by atoms with van der Waals surface area (Å²) in [5.41, 5.74) is 0.320. The summed E-state index contributed by atoms with van der Waals surface area (Å²) in [4.78, 5) is 2.25. The molecule has 0 aliphatic carbocycles. The van der Waals surface area contributed by atoms with Crippen LogP contribution in [0.3, 0.4) is 0 Å². The molecule has 0 saturated carbocycles. The van der Waals surface area contributed by atoms with E-state index in [1.807, 2.05) is 0 Å². The number of nitrogens with zero attached hydrogens (tertiary/aromatic N) is 1. The summed E-state index contributed by atoms with van der Waals surface area (Å²) in [5.74, 6) is -0.374. The molecule has 1 fully saturated rings. The van der Waals surface area contributed by atoms with Crippen molar-refractivity contribution in [3.8, 4) is 0 Å². The van der Waals surface area contributed by atoms with Gasteiger partial charge in [-0.25, -0.2) is 4.39 Å². The zero-order valence-corrected chi connectivity index (χ0v) is 10.7. The van der Waals surface area contributed by atoms with Gasteiger partial charge in [0.1, 0.15) is 18.0 Å². The highest BCUT2D eigenvalue weighted by atomic mass is 19.1. The van der Waals surface area contributed by atoms with Crippen molar-refractivity contribution in [2.45, 2.75) is 25.6 Å². The third-order valence-corrected chi connectivity index (χ3v) is 3.29. The van der Waals surface area contributed by atoms with Crippen molar-refractivity contribution >= 4 is 0 Å². The van der Waals surface area contributed by atoms with Crippen LogP contribution < -0.4 is 0 Å². The lowest BCUT2D eigenvalue weighted by molar-refractivity contribution is -0.0907. The molecule has 4 heteroatoms. The van der Waals surface area contributed by atoms with Gasteiger partial charge in [-0.1, -0.05) is 25.1 Å². The Hall–Kier alpha value is -0.970. The van der Waals surface area contributed by atoms with E-state index in [9.17, 15) is 9.50 Å². The Morgan fingerprint density at radius 1 is 1.50 bits per heavy atom. The molecule has 1 aliphatic heterocycles. The smallest absolute Gasteiger partial charge is 0.129 e. The Kier molecular flexibility index (Phi) is 4.69. The molecule has 0 bridgehead atoms. The van der Waals surface area contributed by atoms with Crippen molar-refractivity contribution in [2.75, 3.05) is 26.2 Å². The monoisotopic (exact) mass is 253 g/mol. The van der Waals surface area contributed by atoms with Gasteiger partial charge in [-0.15, -0.1) is 0 Å². The second-order valence-corrected chi connectivity index (χ2v) is 4.68. The molecule has 1 aromatic carbocycles. The number of hydrogen-bond acceptors (Lipinski definition) is 3. The van der Waals surface area contributed by atoms with Crippen molar-refractivity contribution < 1.29 is 14.2 Å². The van der Waals surface area contributed by atoms with Crippen molar-refractivity contribution in [3.63, 3.8) is 0 Å². The summed E-state index contributed by atoms with van der Waals surface area (Å²) in [6, 6.07) is 6.33. The van der Waals surface area contributed by atoms with Crippen molar-refractivity contribution in [1.82, 2.24) is 4.90 Å². The molecular formula is C14H20FNO2. The molecule has 100 valence electrons. The Labute approximate surface area is 107 Å². The molecule has 1 aliphatic rings. The number of benzene rings is 1. The van der Waals surface area contributed by atoms with E-state index >= 15 is 0 Å². The second kappa shape index (κ2) is 6.27. The maximum absolute atomic E-state index is 13.6. The van der Waals surface area contributed by atoms with Crippen LogP contribution in [-0.4, -0.2) is 42.4 Å². The molecule has 0 aromatic heterocycles. The first-order valence-electron chi connectivity index (χ1n) is 6.48. The van der Waals surface area contributed by atoms with Gasteiger partial charge in [-0.2, -0.15) is 0 Å². The topological polar surface area (TPSA) is 32.7 Å². The molecule has 2 rings (SSSR count). The SMILES string of the molecule is CCCN1CCOC(C(O)c2ccccc2F)C1. The minimum atomic E-state index is -0.897. The molecule has 0 radical (unpaired) electrons. The van der Waals surface area contributed by atoms with Crippen molar-refractivity contribution in [2.24, 2.45) is 0 Å². The van der Waals surface area contributed by atoms with Gasteiger partial charge in [-0.05, 0) is 19.0 Å². The third kappa shape index (κ3) is 3.07. The van der Waals surface area contributed by atoms with Crippen LogP contribution in [0.2, 0.25) is 0 Å². The van der Waals surface area contributed by atoms with Crippen LogP contribution in [0.5, 0.6) is 0 Å². The van der Waals surface area contributed by atoms with Gasteiger partial charge >= 0.3 is 0 Å². The molecule has 0 spiro atoms. The highest BCUT2D eigenvalue weighted by Crippen LogP contribution is 2.24. The third-order valence-electron chi connectivity index (χ3n) is 3.29. The van der Waals surface area contributed by atoms with E-state index in [1.165, 1.54) is 6.07 Å². The van der Waals surface area contributed by atoms with E-state index in [4.69, 9.17) is 4.74 Å². The summed E-state index contributed by atoms with van der Waals surface area (Å²) in [7, 11) is 0. The van der Waals surface area contributed by atoms with Crippen molar-refractivity contribution in [1.29, 1.82) is 0 Å². The lowest BCUT2D eigenvalue weighted by Gasteiger charge is -2.35. The molecule has 0 amide bonds. The number of ether oxygens (including phenoxy) is 1. The fourth-order valence-electron chi connectivity index (χ4n) is 2.36. The normalized spacial score (nSPS) is 22.9. The standard InChI is InChI=1S/C14H20FNO2/c1-2-7-16-8-9-18-13(10-16)14(17)11-5-3-4-6-12(11)15/h3-6,13-14,17H,2,7-10H2,1H3. The maximum atomic E-state index is 13.6. The van der Waals surface area contributed by atoms with E-state index < -0.39 is 6.10 Å². The minimum absolute atomic E-state index is 0.320. The fraction of sp³-hybridized carbons (Fsp3) is 0.571. The van der Waals surface area contributed by atoms with E-state index in [-0.39, 0.29) is 11.9 Å². The van der Waals surface area contributed by atoms with E-state index in [1.54, 1.807) is 18.2 Å². The number of aliphatic hydroxyl groups is 1.